The van der Waals surface area contributed by atoms with Crippen LogP contribution in [0.3, 0.4) is 0 Å². The van der Waals surface area contributed by atoms with Crippen molar-refractivity contribution in [1.29, 1.82) is 0 Å². The molecule has 2 N–H and O–H groups in total. The average Bonchev–Trinajstić information content (AvgIpc) is 2.50. The molecule has 0 fully saturated rings. The van der Waals surface area contributed by atoms with Gasteiger partial charge in [-0.15, -0.1) is 0 Å². The normalized spacial score (nSPS) is 12.6. The predicted octanol–water partition coefficient (Wildman–Crippen LogP) is 2.33. The molecule has 6 nitrogen and oxygen atoms in total. The molecular formula is C18H23NO5. The highest BCUT2D eigenvalue weighted by Crippen LogP contribution is 2.21. The highest BCUT2D eigenvalue weighted by Gasteiger charge is 2.19. The molecule has 1 heterocycles. The minimum absolute atomic E-state index is 0.00525. The number of rotatable bonds is 6. The van der Waals surface area contributed by atoms with Crippen LogP contribution in [0.15, 0.2) is 33.5 Å². The molecule has 0 saturated heterocycles. The second kappa shape index (κ2) is 7.49. The van der Waals surface area contributed by atoms with Gasteiger partial charge in [-0.3, -0.25) is 4.79 Å². The summed E-state index contributed by atoms with van der Waals surface area (Å²) in [4.78, 5) is 24.4. The molecule has 1 aromatic carbocycles. The van der Waals surface area contributed by atoms with Gasteiger partial charge in [0.15, 0.2) is 0 Å². The fraction of sp³-hybridized carbons (Fsp3) is 0.444. The van der Waals surface area contributed by atoms with E-state index in [2.05, 4.69) is 5.32 Å². The van der Waals surface area contributed by atoms with E-state index in [0.29, 0.717) is 16.7 Å². The van der Waals surface area contributed by atoms with E-state index in [0.717, 1.165) is 0 Å². The fourth-order valence-corrected chi connectivity index (χ4v) is 2.26. The van der Waals surface area contributed by atoms with Crippen LogP contribution >= 0.6 is 0 Å². The third-order valence-electron chi connectivity index (χ3n) is 3.64. The molecule has 0 aliphatic rings. The Labute approximate surface area is 140 Å². The second-order valence-electron chi connectivity index (χ2n) is 6.32. The Morgan fingerprint density at radius 3 is 2.54 bits per heavy atom. The highest BCUT2D eigenvalue weighted by atomic mass is 16.5. The second-order valence-corrected chi connectivity index (χ2v) is 6.32. The summed E-state index contributed by atoms with van der Waals surface area (Å²) >= 11 is 0. The zero-order valence-electron chi connectivity index (χ0n) is 14.3. The number of fused-ring (bicyclic) bond motifs is 1. The molecule has 1 aromatic heterocycles. The Balaban J connectivity index is 2.33. The highest BCUT2D eigenvalue weighted by molar-refractivity contribution is 5.96. The number of amides is 1. The van der Waals surface area contributed by atoms with Gasteiger partial charge in [-0.1, -0.05) is 13.8 Å². The number of ether oxygens (including phenoxy) is 1. The summed E-state index contributed by atoms with van der Waals surface area (Å²) in [5, 5.41) is 12.6. The predicted molar refractivity (Wildman–Crippen MR) is 91.4 cm³/mol. The number of aliphatic hydroxyl groups is 1. The Hall–Kier alpha value is -2.34. The molecule has 0 aliphatic heterocycles. The van der Waals surface area contributed by atoms with Crippen molar-refractivity contribution in [3.63, 3.8) is 0 Å². The van der Waals surface area contributed by atoms with E-state index in [4.69, 9.17) is 9.15 Å². The number of carbonyl (C=O) groups is 1. The van der Waals surface area contributed by atoms with E-state index in [1.54, 1.807) is 18.2 Å². The third-order valence-corrected chi connectivity index (χ3v) is 3.64. The van der Waals surface area contributed by atoms with E-state index in [1.807, 2.05) is 27.7 Å². The first kappa shape index (κ1) is 18.0. The number of aliphatic hydroxyl groups excluding tert-OH is 1. The summed E-state index contributed by atoms with van der Waals surface area (Å²) < 4.78 is 10.8. The Morgan fingerprint density at radius 1 is 1.25 bits per heavy atom. The number of hydrogen-bond donors (Lipinski definition) is 2. The molecule has 24 heavy (non-hydrogen) atoms. The monoisotopic (exact) mass is 333 g/mol. The van der Waals surface area contributed by atoms with E-state index >= 15 is 0 Å². The Kier molecular flexibility index (Phi) is 5.62. The van der Waals surface area contributed by atoms with Crippen molar-refractivity contribution < 1.29 is 19.1 Å². The summed E-state index contributed by atoms with van der Waals surface area (Å²) in [5.41, 5.74) is -0.446. The summed E-state index contributed by atoms with van der Waals surface area (Å²) in [5.74, 6) is 0.0844. The molecule has 2 rings (SSSR count). The first-order valence-electron chi connectivity index (χ1n) is 7.98. The molecule has 2 aromatic rings. The van der Waals surface area contributed by atoms with Crippen LogP contribution in [0.25, 0.3) is 11.0 Å². The smallest absolute Gasteiger partial charge is 0.349 e. The van der Waals surface area contributed by atoms with Gasteiger partial charge in [0, 0.05) is 11.5 Å². The molecule has 130 valence electrons. The Bertz CT molecular complexity index is 779. The summed E-state index contributed by atoms with van der Waals surface area (Å²) in [6.07, 6.45) is 0.00525. The maximum atomic E-state index is 12.3. The van der Waals surface area contributed by atoms with Crippen molar-refractivity contribution in [2.24, 2.45) is 5.92 Å². The lowest BCUT2D eigenvalue weighted by Gasteiger charge is -2.19. The largest absolute Gasteiger partial charge is 0.491 e. The number of nitrogens with one attached hydrogen (secondary N) is 1. The van der Waals surface area contributed by atoms with Crippen LogP contribution in [0, 0.1) is 5.92 Å². The van der Waals surface area contributed by atoms with E-state index in [9.17, 15) is 14.7 Å². The number of benzene rings is 1. The zero-order chi connectivity index (χ0) is 17.9. The van der Waals surface area contributed by atoms with Gasteiger partial charge in [0.05, 0.1) is 18.8 Å². The summed E-state index contributed by atoms with van der Waals surface area (Å²) in [6, 6.07) is 6.19. The first-order chi connectivity index (χ1) is 11.3. The lowest BCUT2D eigenvalue weighted by molar-refractivity contribution is 0.0893. The Morgan fingerprint density at radius 2 is 1.96 bits per heavy atom. The van der Waals surface area contributed by atoms with Gasteiger partial charge < -0.3 is 19.6 Å². The zero-order valence-corrected chi connectivity index (χ0v) is 14.3. The SMILES string of the molecule is CC(C)Oc1ccc2cc(C(=O)N[C@@H](CO)C(C)C)c(=O)oc2c1. The molecule has 0 aliphatic carbocycles. The van der Waals surface area contributed by atoms with Crippen LogP contribution in [0.2, 0.25) is 0 Å². The van der Waals surface area contributed by atoms with Gasteiger partial charge >= 0.3 is 5.63 Å². The minimum Gasteiger partial charge on any atom is -0.491 e. The standard InChI is InChI=1S/C18H23NO5/c1-10(2)15(9-20)19-17(21)14-7-12-5-6-13(23-11(3)4)8-16(12)24-18(14)22/h5-8,10-11,15,20H,9H2,1-4H3,(H,19,21)/t15-/m0/s1. The van der Waals surface area contributed by atoms with Crippen molar-refractivity contribution >= 4 is 16.9 Å². The van der Waals surface area contributed by atoms with Crippen LogP contribution in [-0.2, 0) is 0 Å². The van der Waals surface area contributed by atoms with Crippen molar-refractivity contribution in [2.45, 2.75) is 39.8 Å². The maximum absolute atomic E-state index is 12.3. The number of hydrogen-bond acceptors (Lipinski definition) is 5. The number of carbonyl (C=O) groups excluding carboxylic acids is 1. The maximum Gasteiger partial charge on any atom is 0.349 e. The fourth-order valence-electron chi connectivity index (χ4n) is 2.26. The van der Waals surface area contributed by atoms with Crippen LogP contribution in [0.1, 0.15) is 38.1 Å². The van der Waals surface area contributed by atoms with Crippen molar-refractivity contribution in [1.82, 2.24) is 5.32 Å². The molecule has 6 heteroatoms. The lowest BCUT2D eigenvalue weighted by Crippen LogP contribution is -2.42. The molecule has 0 radical (unpaired) electrons. The molecule has 1 amide bonds. The topological polar surface area (TPSA) is 88.8 Å². The molecule has 0 saturated carbocycles. The van der Waals surface area contributed by atoms with Crippen LogP contribution < -0.4 is 15.7 Å². The van der Waals surface area contributed by atoms with Gasteiger partial charge in [0.25, 0.3) is 5.91 Å². The van der Waals surface area contributed by atoms with E-state index in [1.165, 1.54) is 6.07 Å². The van der Waals surface area contributed by atoms with Crippen molar-refractivity contribution in [2.75, 3.05) is 6.61 Å². The van der Waals surface area contributed by atoms with Gasteiger partial charge in [0.2, 0.25) is 0 Å². The molecular weight excluding hydrogens is 310 g/mol. The quantitative estimate of drug-likeness (QED) is 0.792. The van der Waals surface area contributed by atoms with Gasteiger partial charge in [-0.05, 0) is 38.0 Å². The van der Waals surface area contributed by atoms with E-state index < -0.39 is 17.6 Å². The third kappa shape index (κ3) is 4.14. The van der Waals surface area contributed by atoms with Crippen molar-refractivity contribution in [3.05, 3.63) is 40.2 Å². The van der Waals surface area contributed by atoms with Crippen molar-refractivity contribution in [3.8, 4) is 5.75 Å². The first-order valence-corrected chi connectivity index (χ1v) is 7.98. The molecule has 0 bridgehead atoms. The van der Waals surface area contributed by atoms with Crippen LogP contribution in [-0.4, -0.2) is 29.8 Å². The minimum atomic E-state index is -0.720. The van der Waals surface area contributed by atoms with Crippen LogP contribution in [0.5, 0.6) is 5.75 Å². The molecule has 1 atom stereocenters. The van der Waals surface area contributed by atoms with Gasteiger partial charge in [-0.2, -0.15) is 0 Å². The van der Waals surface area contributed by atoms with Gasteiger partial charge in [0.1, 0.15) is 16.9 Å². The summed E-state index contributed by atoms with van der Waals surface area (Å²) in [6.45, 7) is 7.36. The van der Waals surface area contributed by atoms with E-state index in [-0.39, 0.29) is 24.2 Å². The molecule has 0 spiro atoms. The lowest BCUT2D eigenvalue weighted by atomic mass is 10.0. The van der Waals surface area contributed by atoms with Gasteiger partial charge in [-0.25, -0.2) is 4.79 Å². The average molecular weight is 333 g/mol. The molecule has 0 unspecified atom stereocenters. The van der Waals surface area contributed by atoms with Crippen LogP contribution in [0.4, 0.5) is 0 Å². The summed E-state index contributed by atoms with van der Waals surface area (Å²) in [7, 11) is 0.